The van der Waals surface area contributed by atoms with Crippen LogP contribution in [0.15, 0.2) is 24.3 Å². The van der Waals surface area contributed by atoms with Crippen molar-refractivity contribution in [2.45, 2.75) is 33.3 Å². The average Bonchev–Trinajstić information content (AvgIpc) is 2.36. The lowest BCUT2D eigenvalue weighted by atomic mass is 10.2. The summed E-state index contributed by atoms with van der Waals surface area (Å²) in [6, 6.07) is 6.18. The van der Waals surface area contributed by atoms with Gasteiger partial charge in [-0.25, -0.2) is 20.4 Å². The molecule has 0 fully saturated rings. The van der Waals surface area contributed by atoms with E-state index in [0.29, 0.717) is 17.9 Å². The molecule has 1 rings (SSSR count). The minimum atomic E-state index is -0.665. The number of benzene rings is 1. The van der Waals surface area contributed by atoms with Crippen molar-refractivity contribution in [3.05, 3.63) is 29.8 Å². The number of anilines is 1. The molecule has 0 spiro atoms. The standard InChI is InChI=1S/C14H20N2O4/c1-5-19-12(17)10-6-8-11(9-7-10)16(15)13(18)20-14(2,3)4/h6-9H,5,15H2,1-4H3. The minimum absolute atomic E-state index is 0.307. The summed E-state index contributed by atoms with van der Waals surface area (Å²) in [5.74, 6) is 5.26. The molecule has 0 aliphatic rings. The zero-order chi connectivity index (χ0) is 15.3. The predicted molar refractivity (Wildman–Crippen MR) is 75.3 cm³/mol. The van der Waals surface area contributed by atoms with E-state index >= 15 is 0 Å². The number of carbonyl (C=O) groups is 2. The zero-order valence-corrected chi connectivity index (χ0v) is 12.2. The summed E-state index contributed by atoms with van der Waals surface area (Å²) in [5, 5.41) is 0.889. The van der Waals surface area contributed by atoms with Crippen LogP contribution in [0.3, 0.4) is 0 Å². The Hall–Kier alpha value is -2.08. The van der Waals surface area contributed by atoms with Crippen LogP contribution in [0, 0.1) is 0 Å². The highest BCUT2D eigenvalue weighted by Crippen LogP contribution is 2.16. The normalized spacial score (nSPS) is 10.8. The average molecular weight is 280 g/mol. The predicted octanol–water partition coefficient (Wildman–Crippen LogP) is 2.48. The molecule has 0 aliphatic heterocycles. The third-order valence-electron chi connectivity index (χ3n) is 2.25. The largest absolute Gasteiger partial charge is 0.462 e. The van der Waals surface area contributed by atoms with Gasteiger partial charge in [-0.05, 0) is 52.0 Å². The topological polar surface area (TPSA) is 81.9 Å². The molecule has 2 N–H and O–H groups in total. The first kappa shape index (κ1) is 16.0. The smallest absolute Gasteiger partial charge is 0.429 e. The minimum Gasteiger partial charge on any atom is -0.462 e. The van der Waals surface area contributed by atoms with E-state index in [9.17, 15) is 9.59 Å². The maximum atomic E-state index is 11.8. The highest BCUT2D eigenvalue weighted by atomic mass is 16.6. The molecule has 6 heteroatoms. The number of amides is 1. The monoisotopic (exact) mass is 280 g/mol. The zero-order valence-electron chi connectivity index (χ0n) is 12.2. The second-order valence-electron chi connectivity index (χ2n) is 5.12. The molecule has 0 aliphatic carbocycles. The van der Waals surface area contributed by atoms with Gasteiger partial charge in [-0.3, -0.25) is 0 Å². The first-order valence-corrected chi connectivity index (χ1v) is 6.29. The van der Waals surface area contributed by atoms with E-state index in [1.165, 1.54) is 12.1 Å². The van der Waals surface area contributed by atoms with Crippen LogP contribution < -0.4 is 10.9 Å². The Morgan fingerprint density at radius 1 is 1.20 bits per heavy atom. The van der Waals surface area contributed by atoms with Crippen LogP contribution in [0.4, 0.5) is 10.5 Å². The van der Waals surface area contributed by atoms with Crippen molar-refractivity contribution in [1.82, 2.24) is 0 Å². The van der Waals surface area contributed by atoms with Gasteiger partial charge in [0.05, 0.1) is 17.9 Å². The fourth-order valence-electron chi connectivity index (χ4n) is 1.39. The summed E-state index contributed by atoms with van der Waals surface area (Å²) < 4.78 is 10.0. The van der Waals surface area contributed by atoms with Gasteiger partial charge in [-0.15, -0.1) is 0 Å². The first-order chi connectivity index (χ1) is 9.24. The molecule has 0 saturated heterocycles. The molecular weight excluding hydrogens is 260 g/mol. The molecule has 0 saturated carbocycles. The van der Waals surface area contributed by atoms with Crippen molar-refractivity contribution < 1.29 is 19.1 Å². The molecular formula is C14H20N2O4. The fraction of sp³-hybridized carbons (Fsp3) is 0.429. The first-order valence-electron chi connectivity index (χ1n) is 6.29. The van der Waals surface area contributed by atoms with Crippen molar-refractivity contribution >= 4 is 17.7 Å². The van der Waals surface area contributed by atoms with Gasteiger partial charge < -0.3 is 9.47 Å². The third-order valence-corrected chi connectivity index (χ3v) is 2.25. The van der Waals surface area contributed by atoms with Gasteiger partial charge in [0.2, 0.25) is 0 Å². The third kappa shape index (κ3) is 4.55. The maximum absolute atomic E-state index is 11.8. The Morgan fingerprint density at radius 2 is 1.75 bits per heavy atom. The second-order valence-corrected chi connectivity index (χ2v) is 5.12. The lowest BCUT2D eigenvalue weighted by Gasteiger charge is -2.24. The number of nitrogens with two attached hydrogens (primary N) is 1. The number of esters is 1. The molecule has 110 valence electrons. The van der Waals surface area contributed by atoms with Gasteiger partial charge in [0, 0.05) is 0 Å². The van der Waals surface area contributed by atoms with Crippen LogP contribution in [-0.4, -0.2) is 24.3 Å². The van der Waals surface area contributed by atoms with E-state index in [2.05, 4.69) is 0 Å². The molecule has 6 nitrogen and oxygen atoms in total. The Morgan fingerprint density at radius 3 is 2.20 bits per heavy atom. The summed E-state index contributed by atoms with van der Waals surface area (Å²) in [6.07, 6.45) is -0.665. The summed E-state index contributed by atoms with van der Waals surface area (Å²) in [5.41, 5.74) is 0.194. The molecule has 1 aromatic carbocycles. The number of hydrazine groups is 1. The van der Waals surface area contributed by atoms with Crippen LogP contribution in [0.25, 0.3) is 0 Å². The van der Waals surface area contributed by atoms with Gasteiger partial charge in [0.1, 0.15) is 5.60 Å². The Labute approximate surface area is 118 Å². The Bertz CT molecular complexity index is 477. The van der Waals surface area contributed by atoms with E-state index in [-0.39, 0.29) is 0 Å². The lowest BCUT2D eigenvalue weighted by molar-refractivity contribution is 0.0525. The quantitative estimate of drug-likeness (QED) is 0.398. The van der Waals surface area contributed by atoms with Crippen LogP contribution in [0.2, 0.25) is 0 Å². The van der Waals surface area contributed by atoms with Crippen LogP contribution in [-0.2, 0) is 9.47 Å². The molecule has 0 bridgehead atoms. The van der Waals surface area contributed by atoms with E-state index in [1.807, 2.05) is 0 Å². The number of rotatable bonds is 3. The highest BCUT2D eigenvalue weighted by Gasteiger charge is 2.21. The van der Waals surface area contributed by atoms with Gasteiger partial charge >= 0.3 is 12.1 Å². The number of hydrogen-bond donors (Lipinski definition) is 1. The fourth-order valence-corrected chi connectivity index (χ4v) is 1.39. The molecule has 0 heterocycles. The SMILES string of the molecule is CCOC(=O)c1ccc(N(N)C(=O)OC(C)(C)C)cc1. The van der Waals surface area contributed by atoms with E-state index in [4.69, 9.17) is 15.3 Å². The molecule has 1 amide bonds. The summed E-state index contributed by atoms with van der Waals surface area (Å²) in [6.45, 7) is 7.30. The maximum Gasteiger partial charge on any atom is 0.429 e. The number of ether oxygens (including phenoxy) is 2. The van der Waals surface area contributed by atoms with E-state index in [0.717, 1.165) is 5.01 Å². The number of nitrogens with zero attached hydrogens (tertiary/aromatic N) is 1. The summed E-state index contributed by atoms with van der Waals surface area (Å²) >= 11 is 0. The molecule has 0 radical (unpaired) electrons. The van der Waals surface area contributed by atoms with E-state index in [1.54, 1.807) is 39.8 Å². The van der Waals surface area contributed by atoms with Crippen molar-refractivity contribution in [3.8, 4) is 0 Å². The van der Waals surface area contributed by atoms with Gasteiger partial charge in [-0.2, -0.15) is 0 Å². The molecule has 20 heavy (non-hydrogen) atoms. The van der Waals surface area contributed by atoms with Gasteiger partial charge in [-0.1, -0.05) is 0 Å². The van der Waals surface area contributed by atoms with Crippen molar-refractivity contribution in [3.63, 3.8) is 0 Å². The summed E-state index contributed by atoms with van der Waals surface area (Å²) in [7, 11) is 0. The van der Waals surface area contributed by atoms with Gasteiger partial charge in [0.25, 0.3) is 0 Å². The Balaban J connectivity index is 2.78. The summed E-state index contributed by atoms with van der Waals surface area (Å²) in [4.78, 5) is 23.3. The lowest BCUT2D eigenvalue weighted by Crippen LogP contribution is -2.41. The molecule has 1 aromatic rings. The highest BCUT2D eigenvalue weighted by molar-refractivity contribution is 5.91. The van der Waals surface area contributed by atoms with Crippen molar-refractivity contribution in [1.29, 1.82) is 0 Å². The van der Waals surface area contributed by atoms with Crippen LogP contribution in [0.1, 0.15) is 38.1 Å². The molecule has 0 unspecified atom stereocenters. The number of carbonyl (C=O) groups excluding carboxylic acids is 2. The molecule has 0 atom stereocenters. The van der Waals surface area contributed by atoms with Crippen molar-refractivity contribution in [2.24, 2.45) is 5.84 Å². The number of hydrogen-bond acceptors (Lipinski definition) is 5. The van der Waals surface area contributed by atoms with Crippen molar-refractivity contribution in [2.75, 3.05) is 11.6 Å². The van der Waals surface area contributed by atoms with Crippen LogP contribution in [0.5, 0.6) is 0 Å². The second kappa shape index (κ2) is 6.38. The van der Waals surface area contributed by atoms with Gasteiger partial charge in [0.15, 0.2) is 0 Å². The Kier molecular flexibility index (Phi) is 5.10. The van der Waals surface area contributed by atoms with Crippen LogP contribution >= 0.6 is 0 Å². The van der Waals surface area contributed by atoms with E-state index < -0.39 is 17.7 Å². The molecule has 0 aromatic heterocycles.